The number of fused-ring (bicyclic) bond motifs is 5. The Balaban J connectivity index is 1.59. The summed E-state index contributed by atoms with van der Waals surface area (Å²) in [5.74, 6) is 0. The van der Waals surface area contributed by atoms with Crippen LogP contribution in [0.15, 0.2) is 193 Å². The lowest BCUT2D eigenvalue weighted by Gasteiger charge is -2.20. The molecule has 0 fully saturated rings. The zero-order chi connectivity index (χ0) is 60.0. The summed E-state index contributed by atoms with van der Waals surface area (Å²) in [4.78, 5) is 0. The Morgan fingerprint density at radius 1 is 0.260 bits per heavy atom. The quantitative estimate of drug-likeness (QED) is 0.164. The van der Waals surface area contributed by atoms with Crippen LogP contribution in [0.4, 0.5) is 0 Å². The fraction of sp³-hybridized carbons (Fsp3) is 0. The van der Waals surface area contributed by atoms with E-state index in [1.54, 1.807) is 0 Å². The molecule has 0 saturated carbocycles. The third-order valence-corrected chi connectivity index (χ3v) is 8.08. The van der Waals surface area contributed by atoms with Crippen molar-refractivity contribution in [3.63, 3.8) is 0 Å². The van der Waals surface area contributed by atoms with Gasteiger partial charge in [0.15, 0.2) is 0 Å². The van der Waals surface area contributed by atoms with Gasteiger partial charge in [-0.3, -0.25) is 0 Å². The summed E-state index contributed by atoms with van der Waals surface area (Å²) in [5, 5.41) is -7.43. The molecule has 0 nitrogen and oxygen atoms in total. The highest BCUT2D eigenvalue weighted by atomic mass is 14.2. The van der Waals surface area contributed by atoms with Crippen LogP contribution in [0, 0.1) is 0 Å². The summed E-state index contributed by atoms with van der Waals surface area (Å²) in [5.41, 5.74) is -6.71. The first kappa shape index (κ1) is 11.3. The predicted molar refractivity (Wildman–Crippen MR) is 216 cm³/mol. The first-order valence-electron chi connectivity index (χ1n) is 30.3. The largest absolute Gasteiger partial charge is 0.0636 e. The molecule has 0 aliphatic heterocycles. The van der Waals surface area contributed by atoms with Gasteiger partial charge in [-0.15, -0.1) is 0 Å². The maximum atomic E-state index is 10.3. The Morgan fingerprint density at radius 2 is 0.800 bits per heavy atom. The number of hydrogen-bond acceptors (Lipinski definition) is 0. The van der Waals surface area contributed by atoms with E-state index in [0.717, 1.165) is 6.07 Å². The van der Waals surface area contributed by atoms with Crippen LogP contribution >= 0.6 is 0 Å². The highest BCUT2D eigenvalue weighted by Gasteiger charge is 2.19. The minimum Gasteiger partial charge on any atom is -0.0616 e. The molecule has 0 aliphatic carbocycles. The Hall–Kier alpha value is -6.50. The Bertz CT molecular complexity index is 4680. The molecule has 10 rings (SSSR count). The second-order valence-corrected chi connectivity index (χ2v) is 10.8. The van der Waals surface area contributed by atoms with Crippen LogP contribution in [0.3, 0.4) is 0 Å². The van der Waals surface area contributed by atoms with Gasteiger partial charge in [0, 0.05) is 0 Å². The summed E-state index contributed by atoms with van der Waals surface area (Å²) in [6.45, 7) is 0. The molecule has 0 unspecified atom stereocenters. The molecular formula is C50H32. The molecule has 10 aromatic rings. The molecule has 0 atom stereocenters. The van der Waals surface area contributed by atoms with Crippen LogP contribution in [0.25, 0.3) is 98.4 Å². The molecule has 232 valence electrons. The van der Waals surface area contributed by atoms with Crippen molar-refractivity contribution in [2.24, 2.45) is 0 Å². The van der Waals surface area contributed by atoms with E-state index >= 15 is 0 Å². The van der Waals surface area contributed by atoms with Crippen LogP contribution in [0.2, 0.25) is 0 Å². The molecule has 10 aromatic carbocycles. The topological polar surface area (TPSA) is 0 Å². The SMILES string of the molecule is [2H]c1c([2H])c(-c2cc([2H])c3c([2H])c([2H])c([2H])c([2H])c3c2[2H])c([2H])c(-c2c3c([2H])c([2H])c([2H])c([2H])c3c(-c3c([2H])c([2H])c([2H])c4c([2H])c([2H])c([2H])c([2H])c34)c3c([2H])c(-c4c([2H])c([2H])c([2H])c5c([2H])c([2H])c([2H])c([2H])c45)c([2H])c([2H])c23)c1[2H]. The molecule has 0 heterocycles. The maximum Gasteiger partial charge on any atom is 0.0636 e. The molecule has 0 N–H and O–H groups in total. The molecule has 0 heteroatoms. The van der Waals surface area contributed by atoms with E-state index < -0.39 is 286 Å². The van der Waals surface area contributed by atoms with Crippen LogP contribution in [-0.2, 0) is 0 Å². The molecule has 0 spiro atoms. The van der Waals surface area contributed by atoms with Crippen molar-refractivity contribution in [2.75, 3.05) is 0 Å². The fourth-order valence-corrected chi connectivity index (χ4v) is 5.91. The highest BCUT2D eigenvalue weighted by molar-refractivity contribution is 6.24. The standard InChI is InChI=1S/C50H32/c1-2-15-36-30-38(27-26-33(36)12-1)37-18-9-19-40(31-37)49-45-22-7-8-23-46(45)50(44-25-11-17-35-14-4-6-21-42(35)44)48-32-39(28-29-47(48)49)43-24-10-16-34-13-3-5-20-41(34)43/h1-32H/i1D,2D,3D,4D,5D,6D,7D,8D,9D,10D,11D,12D,13D,14D,15D,16D,17D,18D,19D,20D,21D,22D,23D,24D,25D,26D,28D,29D,30D,31D,32D. The summed E-state index contributed by atoms with van der Waals surface area (Å²) in [6, 6.07) is -29.5. The average molecular weight is 664 g/mol. The molecule has 0 saturated heterocycles. The zero-order valence-electron chi connectivity index (χ0n) is 56.1. The summed E-state index contributed by atoms with van der Waals surface area (Å²) < 4.78 is 282. The van der Waals surface area contributed by atoms with Crippen molar-refractivity contribution >= 4 is 53.9 Å². The van der Waals surface area contributed by atoms with Gasteiger partial charge < -0.3 is 0 Å². The molecule has 0 radical (unpaired) electrons. The lowest BCUT2D eigenvalue weighted by atomic mass is 9.83. The van der Waals surface area contributed by atoms with E-state index in [9.17, 15) is 17.8 Å². The normalized spacial score (nSPS) is 20.3. The molecule has 0 bridgehead atoms. The van der Waals surface area contributed by atoms with E-state index in [-0.39, 0.29) is 0 Å². The number of hydrogen-bond donors (Lipinski definition) is 0. The first-order valence-corrected chi connectivity index (χ1v) is 14.8. The van der Waals surface area contributed by atoms with Gasteiger partial charge in [-0.05, 0) is 116 Å². The molecular weight excluding hydrogens is 601 g/mol. The van der Waals surface area contributed by atoms with Gasteiger partial charge >= 0.3 is 0 Å². The molecule has 0 aliphatic rings. The van der Waals surface area contributed by atoms with E-state index in [1.807, 2.05) is 0 Å². The highest BCUT2D eigenvalue weighted by Crippen LogP contribution is 2.47. The molecule has 0 amide bonds. The van der Waals surface area contributed by atoms with Gasteiger partial charge in [0.1, 0.15) is 0 Å². The monoisotopic (exact) mass is 663 g/mol. The van der Waals surface area contributed by atoms with E-state index in [0.29, 0.717) is 0 Å². The third kappa shape index (κ3) is 4.61. The second kappa shape index (κ2) is 11.6. The first-order chi connectivity index (χ1) is 37.7. The van der Waals surface area contributed by atoms with Crippen molar-refractivity contribution in [2.45, 2.75) is 0 Å². The maximum absolute atomic E-state index is 10.3. The van der Waals surface area contributed by atoms with Gasteiger partial charge in [-0.1, -0.05) is 175 Å². The van der Waals surface area contributed by atoms with Gasteiger partial charge in [-0.2, -0.15) is 0 Å². The third-order valence-electron chi connectivity index (χ3n) is 8.08. The fourth-order valence-electron chi connectivity index (χ4n) is 5.91. The van der Waals surface area contributed by atoms with E-state index in [1.165, 1.54) is 0 Å². The Kier molecular flexibility index (Phi) is 2.61. The summed E-state index contributed by atoms with van der Waals surface area (Å²) >= 11 is 0. The lowest BCUT2D eigenvalue weighted by Crippen LogP contribution is -1.93. The zero-order valence-corrected chi connectivity index (χ0v) is 25.1. The van der Waals surface area contributed by atoms with Gasteiger partial charge in [0.2, 0.25) is 0 Å². The van der Waals surface area contributed by atoms with Crippen LogP contribution < -0.4 is 0 Å². The van der Waals surface area contributed by atoms with Gasteiger partial charge in [0.05, 0.1) is 42.5 Å². The van der Waals surface area contributed by atoms with Crippen molar-refractivity contribution in [3.05, 3.63) is 193 Å². The minimum atomic E-state index is -1.18. The number of benzene rings is 10. The van der Waals surface area contributed by atoms with E-state index in [2.05, 4.69) is 0 Å². The Labute approximate surface area is 335 Å². The lowest BCUT2D eigenvalue weighted by molar-refractivity contribution is 1.62. The predicted octanol–water partition coefficient (Wildman–Crippen LogP) is 14.1. The Morgan fingerprint density at radius 3 is 1.56 bits per heavy atom. The minimum absolute atomic E-state index is 0.449. The van der Waals surface area contributed by atoms with Crippen LogP contribution in [-0.4, -0.2) is 0 Å². The molecule has 50 heavy (non-hydrogen) atoms. The van der Waals surface area contributed by atoms with Crippen molar-refractivity contribution < 1.29 is 42.5 Å². The molecule has 0 aromatic heterocycles. The number of rotatable bonds is 4. The van der Waals surface area contributed by atoms with Gasteiger partial charge in [0.25, 0.3) is 0 Å². The van der Waals surface area contributed by atoms with Gasteiger partial charge in [-0.25, -0.2) is 0 Å². The van der Waals surface area contributed by atoms with Crippen molar-refractivity contribution in [3.8, 4) is 44.5 Å². The van der Waals surface area contributed by atoms with Crippen LogP contribution in [0.5, 0.6) is 0 Å². The second-order valence-electron chi connectivity index (χ2n) is 10.8. The van der Waals surface area contributed by atoms with Crippen LogP contribution in [0.1, 0.15) is 42.5 Å². The summed E-state index contributed by atoms with van der Waals surface area (Å²) in [6.07, 6.45) is 0. The van der Waals surface area contributed by atoms with Crippen molar-refractivity contribution in [1.29, 1.82) is 0 Å². The van der Waals surface area contributed by atoms with Crippen molar-refractivity contribution in [1.82, 2.24) is 0 Å². The smallest absolute Gasteiger partial charge is 0.0616 e. The summed E-state index contributed by atoms with van der Waals surface area (Å²) in [7, 11) is 0. The average Bonchev–Trinajstić information content (AvgIpc) is 3.44. The van der Waals surface area contributed by atoms with E-state index in [4.69, 9.17) is 24.7 Å².